The lowest BCUT2D eigenvalue weighted by atomic mass is 10.2. The number of rotatable bonds is 3. The normalized spacial score (nSPS) is 10.3. The van der Waals surface area contributed by atoms with Crippen LogP contribution in [0.2, 0.25) is 10.0 Å². The molecule has 2 aromatic carbocycles. The van der Waals surface area contributed by atoms with E-state index in [1.54, 1.807) is 12.1 Å². The summed E-state index contributed by atoms with van der Waals surface area (Å²) >= 11 is 23.5. The van der Waals surface area contributed by atoms with Crippen LogP contribution >= 0.6 is 67.3 Å². The molecule has 25 heavy (non-hydrogen) atoms. The molecule has 0 fully saturated rings. The maximum absolute atomic E-state index is 12.5. The summed E-state index contributed by atoms with van der Waals surface area (Å²) in [6.45, 7) is 0. The lowest BCUT2D eigenvalue weighted by molar-refractivity contribution is 0.0974. The van der Waals surface area contributed by atoms with Crippen molar-refractivity contribution in [3.8, 4) is 11.5 Å². The standard InChI is InChI=1S/C15H10Br2Cl2N2O3S/c1-24-13-8(2-6(16)3-9(13)17)14(23)21-15(25)20-11-5-7(18)4-10(19)12(11)22/h2-5,22H,1H3,(H2,20,21,23,25). The number of phenols is 1. The third kappa shape index (κ3) is 4.98. The fourth-order valence-electron chi connectivity index (χ4n) is 1.92. The minimum atomic E-state index is -0.496. The van der Waals surface area contributed by atoms with Gasteiger partial charge in [0.25, 0.3) is 5.91 Å². The van der Waals surface area contributed by atoms with E-state index in [0.29, 0.717) is 19.7 Å². The van der Waals surface area contributed by atoms with Gasteiger partial charge in [-0.3, -0.25) is 10.1 Å². The first kappa shape index (κ1) is 20.3. The number of methoxy groups -OCH3 is 1. The fraction of sp³-hybridized carbons (Fsp3) is 0.0667. The Morgan fingerprint density at radius 2 is 1.92 bits per heavy atom. The van der Waals surface area contributed by atoms with Crippen molar-refractivity contribution in [3.63, 3.8) is 0 Å². The lowest BCUT2D eigenvalue weighted by Crippen LogP contribution is -2.34. The Bertz CT molecular complexity index is 865. The van der Waals surface area contributed by atoms with Crippen LogP contribution < -0.4 is 15.4 Å². The van der Waals surface area contributed by atoms with E-state index in [2.05, 4.69) is 42.5 Å². The molecule has 0 aliphatic heterocycles. The van der Waals surface area contributed by atoms with E-state index in [-0.39, 0.29) is 27.1 Å². The maximum Gasteiger partial charge on any atom is 0.261 e. The second-order valence-corrected chi connectivity index (χ2v) is 7.68. The predicted octanol–water partition coefficient (Wildman–Crippen LogP) is 5.36. The van der Waals surface area contributed by atoms with Crippen molar-refractivity contribution in [3.05, 3.63) is 48.8 Å². The summed E-state index contributed by atoms with van der Waals surface area (Å²) < 4.78 is 6.52. The van der Waals surface area contributed by atoms with Crippen molar-refractivity contribution in [2.45, 2.75) is 0 Å². The Balaban J connectivity index is 2.21. The average Bonchev–Trinajstić information content (AvgIpc) is 2.51. The molecule has 5 nitrogen and oxygen atoms in total. The number of aromatic hydroxyl groups is 1. The lowest BCUT2D eigenvalue weighted by Gasteiger charge is -2.14. The van der Waals surface area contributed by atoms with E-state index >= 15 is 0 Å². The van der Waals surface area contributed by atoms with Gasteiger partial charge in [-0.05, 0) is 52.4 Å². The smallest absolute Gasteiger partial charge is 0.261 e. The Labute approximate surface area is 175 Å². The number of anilines is 1. The van der Waals surface area contributed by atoms with Gasteiger partial charge in [-0.1, -0.05) is 39.1 Å². The maximum atomic E-state index is 12.5. The molecule has 10 heteroatoms. The van der Waals surface area contributed by atoms with Gasteiger partial charge in [0.15, 0.2) is 10.9 Å². The number of halogens is 4. The number of phenolic OH excluding ortho intramolecular Hbond substituents is 1. The quantitative estimate of drug-likeness (QED) is 0.369. The van der Waals surface area contributed by atoms with Crippen LogP contribution in [0.4, 0.5) is 5.69 Å². The summed E-state index contributed by atoms with van der Waals surface area (Å²) in [4.78, 5) is 12.5. The molecule has 0 saturated carbocycles. The van der Waals surface area contributed by atoms with Gasteiger partial charge in [0.2, 0.25) is 0 Å². The van der Waals surface area contributed by atoms with E-state index in [9.17, 15) is 9.90 Å². The minimum absolute atomic E-state index is 0.0446. The molecular formula is C15H10Br2Cl2N2O3S. The Hall–Kier alpha value is -1.06. The van der Waals surface area contributed by atoms with E-state index in [4.69, 9.17) is 40.2 Å². The van der Waals surface area contributed by atoms with Crippen LogP contribution in [0.1, 0.15) is 10.4 Å². The van der Waals surface area contributed by atoms with Crippen molar-refractivity contribution in [1.82, 2.24) is 5.32 Å². The van der Waals surface area contributed by atoms with Crippen molar-refractivity contribution >= 4 is 84.0 Å². The van der Waals surface area contributed by atoms with Gasteiger partial charge in [0.05, 0.1) is 27.9 Å². The van der Waals surface area contributed by atoms with Crippen molar-refractivity contribution in [2.75, 3.05) is 12.4 Å². The number of amides is 1. The van der Waals surface area contributed by atoms with E-state index in [1.165, 1.54) is 19.2 Å². The summed E-state index contributed by atoms with van der Waals surface area (Å²) in [6, 6.07) is 6.15. The molecule has 132 valence electrons. The molecule has 3 N–H and O–H groups in total. The molecule has 0 heterocycles. The number of carbonyl (C=O) groups excluding carboxylic acids is 1. The minimum Gasteiger partial charge on any atom is -0.504 e. The highest BCUT2D eigenvalue weighted by Crippen LogP contribution is 2.35. The zero-order chi connectivity index (χ0) is 18.7. The molecule has 0 aliphatic rings. The molecule has 0 atom stereocenters. The van der Waals surface area contributed by atoms with Crippen molar-refractivity contribution < 1.29 is 14.6 Å². The molecule has 2 aromatic rings. The molecule has 0 bridgehead atoms. The third-order valence-corrected chi connectivity index (χ3v) is 4.72. The number of thiocarbonyl (C=S) groups is 1. The Kier molecular flexibility index (Phi) is 6.93. The number of carbonyl (C=O) groups is 1. The van der Waals surface area contributed by atoms with E-state index < -0.39 is 5.91 Å². The Morgan fingerprint density at radius 3 is 2.56 bits per heavy atom. The molecule has 0 aromatic heterocycles. The van der Waals surface area contributed by atoms with Gasteiger partial charge in [-0.15, -0.1) is 0 Å². The summed E-state index contributed by atoms with van der Waals surface area (Å²) in [5.74, 6) is -0.369. The highest BCUT2D eigenvalue weighted by Gasteiger charge is 2.18. The highest BCUT2D eigenvalue weighted by molar-refractivity contribution is 9.11. The monoisotopic (exact) mass is 526 g/mol. The van der Waals surface area contributed by atoms with Gasteiger partial charge in [0, 0.05) is 9.50 Å². The Morgan fingerprint density at radius 1 is 1.24 bits per heavy atom. The predicted molar refractivity (Wildman–Crippen MR) is 110 cm³/mol. The molecule has 1 amide bonds. The molecule has 0 radical (unpaired) electrons. The van der Waals surface area contributed by atoms with Gasteiger partial charge in [-0.2, -0.15) is 0 Å². The number of hydrogen-bond donors (Lipinski definition) is 3. The molecule has 0 saturated heterocycles. The van der Waals surface area contributed by atoms with Crippen LogP contribution in [-0.4, -0.2) is 23.2 Å². The van der Waals surface area contributed by atoms with Gasteiger partial charge in [0.1, 0.15) is 5.75 Å². The van der Waals surface area contributed by atoms with E-state index in [0.717, 1.165) is 0 Å². The zero-order valence-electron chi connectivity index (χ0n) is 12.5. The number of hydrogen-bond acceptors (Lipinski definition) is 4. The average molecular weight is 529 g/mol. The largest absolute Gasteiger partial charge is 0.504 e. The van der Waals surface area contributed by atoms with Crippen LogP contribution in [-0.2, 0) is 0 Å². The molecule has 0 spiro atoms. The second-order valence-electron chi connectivity index (χ2n) is 4.66. The molecule has 0 unspecified atom stereocenters. The van der Waals surface area contributed by atoms with Crippen LogP contribution in [0, 0.1) is 0 Å². The first-order valence-electron chi connectivity index (χ1n) is 6.56. The summed E-state index contributed by atoms with van der Waals surface area (Å²) in [5, 5.41) is 15.4. The number of ether oxygens (including phenoxy) is 1. The van der Waals surface area contributed by atoms with Gasteiger partial charge in [-0.25, -0.2) is 0 Å². The number of nitrogens with one attached hydrogen (secondary N) is 2. The van der Waals surface area contributed by atoms with Crippen LogP contribution in [0.3, 0.4) is 0 Å². The molecular weight excluding hydrogens is 519 g/mol. The fourth-order valence-corrected chi connectivity index (χ4v) is 4.00. The summed E-state index contributed by atoms with van der Waals surface area (Å²) in [6.07, 6.45) is 0. The van der Waals surface area contributed by atoms with Gasteiger partial charge < -0.3 is 15.2 Å². The molecule has 0 aliphatic carbocycles. The summed E-state index contributed by atoms with van der Waals surface area (Å²) in [7, 11) is 1.45. The third-order valence-electron chi connectivity index (χ3n) is 2.96. The van der Waals surface area contributed by atoms with Crippen molar-refractivity contribution in [1.29, 1.82) is 0 Å². The number of benzene rings is 2. The molecule has 2 rings (SSSR count). The highest BCUT2D eigenvalue weighted by atomic mass is 79.9. The van der Waals surface area contributed by atoms with Crippen LogP contribution in [0.15, 0.2) is 33.2 Å². The SMILES string of the molecule is COc1c(Br)cc(Br)cc1C(=O)NC(=S)Nc1cc(Cl)cc(Cl)c1O. The topological polar surface area (TPSA) is 70.6 Å². The van der Waals surface area contributed by atoms with Crippen molar-refractivity contribution in [2.24, 2.45) is 0 Å². The van der Waals surface area contributed by atoms with E-state index in [1.807, 2.05) is 0 Å². The first-order valence-corrected chi connectivity index (χ1v) is 9.31. The summed E-state index contributed by atoms with van der Waals surface area (Å²) in [5.41, 5.74) is 0.437. The van der Waals surface area contributed by atoms with Crippen LogP contribution in [0.5, 0.6) is 11.5 Å². The van der Waals surface area contributed by atoms with Gasteiger partial charge >= 0.3 is 0 Å². The zero-order valence-corrected chi connectivity index (χ0v) is 18.0. The second kappa shape index (κ2) is 8.55. The first-order chi connectivity index (χ1) is 11.7. The van der Waals surface area contributed by atoms with Crippen LogP contribution in [0.25, 0.3) is 0 Å².